The first-order chi connectivity index (χ1) is 9.79. The Morgan fingerprint density at radius 2 is 1.86 bits per heavy atom. The van der Waals surface area contributed by atoms with Gasteiger partial charge >= 0.3 is 6.18 Å². The maximum atomic E-state index is 12.3. The molecule has 0 spiro atoms. The highest BCUT2D eigenvalue weighted by atomic mass is 19.4. The Bertz CT molecular complexity index is 518. The molecule has 0 heterocycles. The molecule has 0 bridgehead atoms. The van der Waals surface area contributed by atoms with Crippen molar-refractivity contribution in [2.45, 2.75) is 19.0 Å². The number of alkyl halides is 3. The lowest BCUT2D eigenvalue weighted by Crippen LogP contribution is -2.28. The summed E-state index contributed by atoms with van der Waals surface area (Å²) in [6.45, 7) is 3.41. The summed E-state index contributed by atoms with van der Waals surface area (Å²) in [4.78, 5) is 23.2. The SMILES string of the molecule is C=CCC(CC(=O)C(F)(F)F)C(=O)c1ccc(OC)cc1. The number of carbonyl (C=O) groups is 2. The van der Waals surface area contributed by atoms with Crippen LogP contribution in [-0.4, -0.2) is 24.9 Å². The van der Waals surface area contributed by atoms with E-state index < -0.39 is 30.1 Å². The van der Waals surface area contributed by atoms with Gasteiger partial charge in [0.05, 0.1) is 7.11 Å². The molecule has 0 N–H and O–H groups in total. The van der Waals surface area contributed by atoms with Crippen molar-refractivity contribution in [1.82, 2.24) is 0 Å². The molecule has 0 aliphatic rings. The van der Waals surface area contributed by atoms with Crippen molar-refractivity contribution in [2.75, 3.05) is 7.11 Å². The van der Waals surface area contributed by atoms with Gasteiger partial charge in [-0.3, -0.25) is 9.59 Å². The molecule has 0 radical (unpaired) electrons. The molecule has 0 aliphatic heterocycles. The van der Waals surface area contributed by atoms with Crippen LogP contribution < -0.4 is 4.74 Å². The number of allylic oxidation sites excluding steroid dienone is 1. The van der Waals surface area contributed by atoms with E-state index in [0.717, 1.165) is 0 Å². The number of carbonyl (C=O) groups excluding carboxylic acids is 2. The first-order valence-electron chi connectivity index (χ1n) is 6.18. The minimum absolute atomic E-state index is 0.00663. The van der Waals surface area contributed by atoms with Crippen molar-refractivity contribution in [1.29, 1.82) is 0 Å². The summed E-state index contributed by atoms with van der Waals surface area (Å²) in [6.07, 6.45) is -4.47. The zero-order valence-corrected chi connectivity index (χ0v) is 11.4. The highest BCUT2D eigenvalue weighted by Crippen LogP contribution is 2.25. The molecule has 0 aliphatic carbocycles. The van der Waals surface area contributed by atoms with Gasteiger partial charge in [0.25, 0.3) is 0 Å². The van der Waals surface area contributed by atoms with Crippen molar-refractivity contribution in [2.24, 2.45) is 5.92 Å². The van der Waals surface area contributed by atoms with Gasteiger partial charge in [0.15, 0.2) is 5.78 Å². The monoisotopic (exact) mass is 300 g/mol. The van der Waals surface area contributed by atoms with Crippen LogP contribution in [0.4, 0.5) is 13.2 Å². The van der Waals surface area contributed by atoms with Gasteiger partial charge in [-0.2, -0.15) is 13.2 Å². The molecule has 0 saturated carbocycles. The normalized spacial score (nSPS) is 12.6. The van der Waals surface area contributed by atoms with Crippen LogP contribution in [-0.2, 0) is 4.79 Å². The van der Waals surface area contributed by atoms with Crippen molar-refractivity contribution in [3.8, 4) is 5.75 Å². The Hall–Kier alpha value is -2.11. The number of ketones is 2. The molecule has 0 amide bonds. The Kier molecular flexibility index (Phi) is 5.69. The molecular formula is C15H15F3O3. The van der Waals surface area contributed by atoms with E-state index in [9.17, 15) is 22.8 Å². The molecular weight excluding hydrogens is 285 g/mol. The predicted molar refractivity (Wildman–Crippen MR) is 71.3 cm³/mol. The predicted octanol–water partition coefficient (Wildman–Crippen LogP) is 3.59. The van der Waals surface area contributed by atoms with Gasteiger partial charge in [0, 0.05) is 17.9 Å². The largest absolute Gasteiger partial charge is 0.497 e. The summed E-state index contributed by atoms with van der Waals surface area (Å²) in [7, 11) is 1.46. The van der Waals surface area contributed by atoms with E-state index in [2.05, 4.69) is 6.58 Å². The van der Waals surface area contributed by atoms with Crippen molar-refractivity contribution in [3.05, 3.63) is 42.5 Å². The molecule has 1 aromatic carbocycles. The number of ether oxygens (including phenoxy) is 1. The number of methoxy groups -OCH3 is 1. The Morgan fingerprint density at radius 1 is 1.29 bits per heavy atom. The maximum Gasteiger partial charge on any atom is 0.449 e. The minimum Gasteiger partial charge on any atom is -0.497 e. The van der Waals surface area contributed by atoms with Crippen LogP contribution in [0.3, 0.4) is 0 Å². The second kappa shape index (κ2) is 7.06. The molecule has 1 rings (SSSR count). The highest BCUT2D eigenvalue weighted by Gasteiger charge is 2.40. The highest BCUT2D eigenvalue weighted by molar-refractivity contribution is 6.00. The van der Waals surface area contributed by atoms with Crippen LogP contribution in [0.1, 0.15) is 23.2 Å². The summed E-state index contributed by atoms with van der Waals surface area (Å²) >= 11 is 0. The summed E-state index contributed by atoms with van der Waals surface area (Å²) < 4.78 is 41.9. The van der Waals surface area contributed by atoms with Crippen LogP contribution in [0.15, 0.2) is 36.9 Å². The zero-order chi connectivity index (χ0) is 16.0. The molecule has 6 heteroatoms. The molecule has 0 saturated heterocycles. The Balaban J connectivity index is 2.90. The molecule has 3 nitrogen and oxygen atoms in total. The molecule has 1 aromatic rings. The Morgan fingerprint density at radius 3 is 2.29 bits per heavy atom. The number of hydrogen-bond acceptors (Lipinski definition) is 3. The van der Waals surface area contributed by atoms with Gasteiger partial charge < -0.3 is 4.74 Å². The van der Waals surface area contributed by atoms with Gasteiger partial charge in [-0.1, -0.05) is 6.08 Å². The van der Waals surface area contributed by atoms with Crippen molar-refractivity contribution in [3.63, 3.8) is 0 Å². The van der Waals surface area contributed by atoms with E-state index in [1.54, 1.807) is 0 Å². The third-order valence-corrected chi connectivity index (χ3v) is 2.94. The number of rotatable bonds is 7. The number of hydrogen-bond donors (Lipinski definition) is 0. The molecule has 0 fully saturated rings. The lowest BCUT2D eigenvalue weighted by Gasteiger charge is -2.14. The van der Waals surface area contributed by atoms with E-state index >= 15 is 0 Å². The van der Waals surface area contributed by atoms with Crippen molar-refractivity contribution < 1.29 is 27.5 Å². The molecule has 0 aromatic heterocycles. The van der Waals surface area contributed by atoms with Gasteiger partial charge in [0.2, 0.25) is 5.78 Å². The minimum atomic E-state index is -4.93. The standard InChI is InChI=1S/C15H15F3O3/c1-3-4-11(9-13(19)15(16,17)18)14(20)10-5-7-12(21-2)8-6-10/h3,5-8,11H,1,4,9H2,2H3. The van der Waals surface area contributed by atoms with Crippen LogP contribution >= 0.6 is 0 Å². The van der Waals surface area contributed by atoms with Crippen molar-refractivity contribution >= 4 is 11.6 Å². The van der Waals surface area contributed by atoms with Crippen LogP contribution in [0.2, 0.25) is 0 Å². The van der Waals surface area contributed by atoms with Gasteiger partial charge in [-0.15, -0.1) is 6.58 Å². The van der Waals surface area contributed by atoms with Gasteiger partial charge in [-0.25, -0.2) is 0 Å². The molecule has 114 valence electrons. The van der Waals surface area contributed by atoms with Crippen LogP contribution in [0, 0.1) is 5.92 Å². The number of benzene rings is 1. The van der Waals surface area contributed by atoms with Crippen LogP contribution in [0.25, 0.3) is 0 Å². The average molecular weight is 300 g/mol. The lowest BCUT2D eigenvalue weighted by molar-refractivity contribution is -0.171. The molecule has 1 unspecified atom stereocenters. The number of Topliss-reactive ketones (excluding diaryl/α,β-unsaturated/α-hetero) is 2. The van der Waals surface area contributed by atoms with E-state index in [0.29, 0.717) is 5.75 Å². The van der Waals surface area contributed by atoms with Gasteiger partial charge in [-0.05, 0) is 30.7 Å². The van der Waals surface area contributed by atoms with E-state index in [1.807, 2.05) is 0 Å². The summed E-state index contributed by atoms with van der Waals surface area (Å²) in [5, 5.41) is 0. The summed E-state index contributed by atoms with van der Waals surface area (Å²) in [5.41, 5.74) is 0.234. The third-order valence-electron chi connectivity index (χ3n) is 2.94. The third kappa shape index (κ3) is 4.73. The first kappa shape index (κ1) is 16.9. The van der Waals surface area contributed by atoms with Crippen LogP contribution in [0.5, 0.6) is 5.75 Å². The quantitative estimate of drug-likeness (QED) is 0.571. The fourth-order valence-electron chi connectivity index (χ4n) is 1.81. The lowest BCUT2D eigenvalue weighted by atomic mass is 9.90. The fourth-order valence-corrected chi connectivity index (χ4v) is 1.81. The van der Waals surface area contributed by atoms with E-state index in [-0.39, 0.29) is 12.0 Å². The second-order valence-electron chi connectivity index (χ2n) is 4.44. The topological polar surface area (TPSA) is 43.4 Å². The van der Waals surface area contributed by atoms with E-state index in [1.165, 1.54) is 37.5 Å². The number of halogens is 3. The second-order valence-corrected chi connectivity index (χ2v) is 4.44. The van der Waals surface area contributed by atoms with E-state index in [4.69, 9.17) is 4.74 Å². The molecule has 21 heavy (non-hydrogen) atoms. The van der Waals surface area contributed by atoms with Gasteiger partial charge in [0.1, 0.15) is 5.75 Å². The smallest absolute Gasteiger partial charge is 0.449 e. The zero-order valence-electron chi connectivity index (χ0n) is 11.4. The maximum absolute atomic E-state index is 12.3. The first-order valence-corrected chi connectivity index (χ1v) is 6.18. The molecule has 1 atom stereocenters. The summed E-state index contributed by atoms with van der Waals surface area (Å²) in [5.74, 6) is -2.96. The average Bonchev–Trinajstić information content (AvgIpc) is 2.45. The Labute approximate surface area is 120 Å². The summed E-state index contributed by atoms with van der Waals surface area (Å²) in [6, 6.07) is 5.97. The fraction of sp³-hybridized carbons (Fsp3) is 0.333.